The third-order valence-corrected chi connectivity index (χ3v) is 4.85. The van der Waals surface area contributed by atoms with Gasteiger partial charge < -0.3 is 10.6 Å². The number of hydrogen-bond donors (Lipinski definition) is 1. The fourth-order valence-electron chi connectivity index (χ4n) is 3.39. The van der Waals surface area contributed by atoms with E-state index >= 15 is 0 Å². The summed E-state index contributed by atoms with van der Waals surface area (Å²) in [7, 11) is 0. The van der Waals surface area contributed by atoms with Crippen LogP contribution in [-0.4, -0.2) is 44.7 Å². The molecule has 1 amide bonds. The fourth-order valence-corrected chi connectivity index (χ4v) is 3.39. The normalized spacial score (nSPS) is 16.8. The molecule has 0 saturated carbocycles. The smallest absolute Gasteiger partial charge is 0.246 e. The van der Waals surface area contributed by atoms with E-state index in [1.165, 1.54) is 5.56 Å². The topological polar surface area (TPSA) is 77.0 Å². The van der Waals surface area contributed by atoms with Gasteiger partial charge in [-0.15, -0.1) is 0 Å². The van der Waals surface area contributed by atoms with Crippen LogP contribution in [0.15, 0.2) is 67.1 Å². The van der Waals surface area contributed by atoms with Crippen LogP contribution in [0.2, 0.25) is 0 Å². The predicted octanol–water partition coefficient (Wildman–Crippen LogP) is 2.57. The molecule has 0 radical (unpaired) electrons. The number of nitrogens with two attached hydrogens (primary N) is 1. The second-order valence-electron chi connectivity index (χ2n) is 7.02. The molecular weight excluding hydrogens is 350 g/mol. The zero-order chi connectivity index (χ0) is 19.3. The van der Waals surface area contributed by atoms with Gasteiger partial charge >= 0.3 is 0 Å². The SMILES string of the molecule is N[C@H]1CCN(C(=O)C=Cc2cn(Cc3ccccc3)nc2-c2cccnc2)C1. The molecule has 2 N–H and O–H groups in total. The lowest BCUT2D eigenvalue weighted by atomic mass is 10.1. The number of carbonyl (C=O) groups excluding carboxylic acids is 1. The minimum absolute atomic E-state index is 0.0131. The van der Waals surface area contributed by atoms with Gasteiger partial charge in [0.2, 0.25) is 5.91 Å². The summed E-state index contributed by atoms with van der Waals surface area (Å²) in [5.41, 5.74) is 9.70. The standard InChI is InChI=1S/C22H23N5O/c23-20-10-12-26(16-20)21(28)9-8-19-15-27(14-17-5-2-1-3-6-17)25-22(19)18-7-4-11-24-13-18/h1-9,11,13,15,20H,10,12,14,16,23H2/t20-/m0/s1. The Morgan fingerprint density at radius 2 is 2.07 bits per heavy atom. The van der Waals surface area contributed by atoms with E-state index in [-0.39, 0.29) is 11.9 Å². The van der Waals surface area contributed by atoms with Crippen LogP contribution in [0.3, 0.4) is 0 Å². The van der Waals surface area contributed by atoms with Crippen LogP contribution in [0.4, 0.5) is 0 Å². The second kappa shape index (κ2) is 8.19. The highest BCUT2D eigenvalue weighted by Gasteiger charge is 2.22. The molecule has 1 aliphatic heterocycles. The number of benzene rings is 1. The van der Waals surface area contributed by atoms with E-state index in [2.05, 4.69) is 17.1 Å². The first kappa shape index (κ1) is 18.1. The van der Waals surface area contributed by atoms with Gasteiger partial charge in [-0.1, -0.05) is 30.3 Å². The molecule has 2 aromatic heterocycles. The second-order valence-corrected chi connectivity index (χ2v) is 7.02. The van der Waals surface area contributed by atoms with Crippen LogP contribution >= 0.6 is 0 Å². The van der Waals surface area contributed by atoms with Crippen molar-refractivity contribution in [3.63, 3.8) is 0 Å². The number of hydrogen-bond acceptors (Lipinski definition) is 4. The van der Waals surface area contributed by atoms with E-state index in [1.54, 1.807) is 23.4 Å². The lowest BCUT2D eigenvalue weighted by Gasteiger charge is -2.12. The molecule has 4 rings (SSSR count). The van der Waals surface area contributed by atoms with Crippen LogP contribution in [0.1, 0.15) is 17.5 Å². The van der Waals surface area contributed by atoms with Gasteiger partial charge in [-0.25, -0.2) is 0 Å². The summed E-state index contributed by atoms with van der Waals surface area (Å²) in [5.74, 6) is -0.0131. The first-order chi connectivity index (χ1) is 13.7. The number of rotatable bonds is 5. The summed E-state index contributed by atoms with van der Waals surface area (Å²) in [4.78, 5) is 18.4. The van der Waals surface area contributed by atoms with Crippen molar-refractivity contribution in [3.8, 4) is 11.3 Å². The molecule has 0 bridgehead atoms. The Bertz CT molecular complexity index is 965. The van der Waals surface area contributed by atoms with Crippen molar-refractivity contribution in [2.45, 2.75) is 19.0 Å². The Labute approximate surface area is 164 Å². The summed E-state index contributed by atoms with van der Waals surface area (Å²) in [6, 6.07) is 14.1. The highest BCUT2D eigenvalue weighted by molar-refractivity contribution is 5.93. The number of carbonyl (C=O) groups is 1. The number of pyridine rings is 1. The quantitative estimate of drug-likeness (QED) is 0.698. The number of nitrogens with zero attached hydrogens (tertiary/aromatic N) is 4. The molecule has 28 heavy (non-hydrogen) atoms. The van der Waals surface area contributed by atoms with Crippen molar-refractivity contribution in [1.82, 2.24) is 19.7 Å². The fraction of sp³-hybridized carbons (Fsp3) is 0.227. The lowest BCUT2D eigenvalue weighted by molar-refractivity contribution is -0.124. The summed E-state index contributed by atoms with van der Waals surface area (Å²) < 4.78 is 1.90. The highest BCUT2D eigenvalue weighted by atomic mass is 16.2. The largest absolute Gasteiger partial charge is 0.338 e. The number of likely N-dealkylation sites (tertiary alicyclic amines) is 1. The van der Waals surface area contributed by atoms with Crippen LogP contribution in [0, 0.1) is 0 Å². The average molecular weight is 373 g/mol. The molecule has 0 aliphatic carbocycles. The molecular formula is C22H23N5O. The monoisotopic (exact) mass is 373 g/mol. The van der Waals surface area contributed by atoms with Gasteiger partial charge in [-0.3, -0.25) is 14.5 Å². The van der Waals surface area contributed by atoms with Crippen molar-refractivity contribution >= 4 is 12.0 Å². The maximum atomic E-state index is 12.5. The van der Waals surface area contributed by atoms with E-state index in [0.717, 1.165) is 23.2 Å². The third kappa shape index (κ3) is 4.18. The van der Waals surface area contributed by atoms with Gasteiger partial charge in [-0.2, -0.15) is 5.10 Å². The maximum Gasteiger partial charge on any atom is 0.246 e. The maximum absolute atomic E-state index is 12.5. The van der Waals surface area contributed by atoms with E-state index in [4.69, 9.17) is 10.8 Å². The molecule has 0 unspecified atom stereocenters. The summed E-state index contributed by atoms with van der Waals surface area (Å²) in [6.07, 6.45) is 9.79. The lowest BCUT2D eigenvalue weighted by Crippen LogP contribution is -2.30. The zero-order valence-corrected chi connectivity index (χ0v) is 15.6. The molecule has 1 aliphatic rings. The van der Waals surface area contributed by atoms with Gasteiger partial charge in [0.15, 0.2) is 0 Å². The van der Waals surface area contributed by atoms with Gasteiger partial charge in [0.1, 0.15) is 5.69 Å². The Kier molecular flexibility index (Phi) is 5.30. The van der Waals surface area contributed by atoms with Crippen molar-refractivity contribution in [3.05, 3.63) is 78.3 Å². The first-order valence-corrected chi connectivity index (χ1v) is 9.43. The molecule has 3 heterocycles. The average Bonchev–Trinajstić information content (AvgIpc) is 3.34. The van der Waals surface area contributed by atoms with Crippen LogP contribution < -0.4 is 5.73 Å². The van der Waals surface area contributed by atoms with Crippen molar-refractivity contribution < 1.29 is 4.79 Å². The van der Waals surface area contributed by atoms with E-state index in [0.29, 0.717) is 19.6 Å². The summed E-state index contributed by atoms with van der Waals surface area (Å²) in [5, 5.41) is 4.74. The molecule has 1 fully saturated rings. The number of amides is 1. The molecule has 1 atom stereocenters. The molecule has 142 valence electrons. The summed E-state index contributed by atoms with van der Waals surface area (Å²) >= 11 is 0. The molecule has 6 nitrogen and oxygen atoms in total. The van der Waals surface area contributed by atoms with Crippen molar-refractivity contribution in [1.29, 1.82) is 0 Å². The Morgan fingerprint density at radius 1 is 1.21 bits per heavy atom. The van der Waals surface area contributed by atoms with E-state index in [9.17, 15) is 4.79 Å². The van der Waals surface area contributed by atoms with Gasteiger partial charge in [0, 0.05) is 54.9 Å². The Morgan fingerprint density at radius 3 is 2.79 bits per heavy atom. The summed E-state index contributed by atoms with van der Waals surface area (Å²) in [6.45, 7) is 2.00. The van der Waals surface area contributed by atoms with Crippen LogP contribution in [0.5, 0.6) is 0 Å². The van der Waals surface area contributed by atoms with Crippen LogP contribution in [0.25, 0.3) is 17.3 Å². The minimum atomic E-state index is -0.0131. The zero-order valence-electron chi connectivity index (χ0n) is 15.6. The first-order valence-electron chi connectivity index (χ1n) is 9.43. The van der Waals surface area contributed by atoms with Gasteiger partial charge in [0.05, 0.1) is 6.54 Å². The molecule has 0 spiro atoms. The van der Waals surface area contributed by atoms with Crippen molar-refractivity contribution in [2.24, 2.45) is 5.73 Å². The molecule has 3 aromatic rings. The Balaban J connectivity index is 1.61. The Hall–Kier alpha value is -3.25. The minimum Gasteiger partial charge on any atom is -0.338 e. The molecule has 1 aromatic carbocycles. The van der Waals surface area contributed by atoms with E-state index in [1.807, 2.05) is 47.3 Å². The molecule has 1 saturated heterocycles. The highest BCUT2D eigenvalue weighted by Crippen LogP contribution is 2.23. The number of aromatic nitrogens is 3. The molecule has 6 heteroatoms. The van der Waals surface area contributed by atoms with E-state index < -0.39 is 0 Å². The van der Waals surface area contributed by atoms with Gasteiger partial charge in [-0.05, 0) is 30.2 Å². The van der Waals surface area contributed by atoms with Crippen LogP contribution in [-0.2, 0) is 11.3 Å². The van der Waals surface area contributed by atoms with Gasteiger partial charge in [0.25, 0.3) is 0 Å². The predicted molar refractivity (Wildman–Crippen MR) is 109 cm³/mol. The third-order valence-electron chi connectivity index (χ3n) is 4.85. The van der Waals surface area contributed by atoms with Crippen molar-refractivity contribution in [2.75, 3.05) is 13.1 Å².